The number of ether oxygens (including phenoxy) is 1. The van der Waals surface area contributed by atoms with Crippen LogP contribution in [-0.4, -0.2) is 86.8 Å². The maximum Gasteiger partial charge on any atom is 0.321 e. The number of nitrogens with one attached hydrogen (secondary N) is 1. The SMILES string of the molecule is CC[C@H](C)[C@@H](C(=O)N[C@@H](Cc1ccccc1)[C@H](O)CN(N)Cc1ccc(-c2ccccn2)cc1)N1CCN(Cc2csc(COC)n2)C1=O. The molecule has 3 amide bonds. The van der Waals surface area contributed by atoms with Gasteiger partial charge in [0.05, 0.1) is 36.7 Å². The van der Waals surface area contributed by atoms with Gasteiger partial charge in [0, 0.05) is 50.4 Å². The Balaban J connectivity index is 1.26. The van der Waals surface area contributed by atoms with Crippen LogP contribution in [0.2, 0.25) is 0 Å². The molecule has 11 nitrogen and oxygen atoms in total. The van der Waals surface area contributed by atoms with Crippen LogP contribution in [0.1, 0.15) is 42.1 Å². The van der Waals surface area contributed by atoms with Gasteiger partial charge in [0.15, 0.2) is 0 Å². The van der Waals surface area contributed by atoms with Gasteiger partial charge in [-0.25, -0.2) is 14.8 Å². The van der Waals surface area contributed by atoms with E-state index >= 15 is 0 Å². The van der Waals surface area contributed by atoms with Crippen LogP contribution >= 0.6 is 11.3 Å². The molecule has 1 saturated heterocycles. The molecule has 0 aliphatic carbocycles. The minimum absolute atomic E-state index is 0.105. The van der Waals surface area contributed by atoms with E-state index in [0.29, 0.717) is 45.6 Å². The number of aliphatic hydroxyl groups excluding tert-OH is 1. The molecule has 2 aromatic heterocycles. The number of pyridine rings is 1. The Morgan fingerprint density at radius 1 is 1.08 bits per heavy atom. The van der Waals surface area contributed by atoms with Crippen molar-refractivity contribution in [3.63, 3.8) is 0 Å². The summed E-state index contributed by atoms with van der Waals surface area (Å²) in [5.74, 6) is 6.05. The van der Waals surface area contributed by atoms with Crippen molar-refractivity contribution >= 4 is 23.3 Å². The van der Waals surface area contributed by atoms with Crippen molar-refractivity contribution in [3.8, 4) is 11.3 Å². The van der Waals surface area contributed by atoms with Crippen LogP contribution in [0.15, 0.2) is 84.4 Å². The first-order chi connectivity index (χ1) is 23.7. The molecule has 2 aromatic carbocycles. The molecule has 4 N–H and O–H groups in total. The number of amides is 3. The van der Waals surface area contributed by atoms with E-state index in [0.717, 1.165) is 33.1 Å². The lowest BCUT2D eigenvalue weighted by Gasteiger charge is -2.34. The van der Waals surface area contributed by atoms with Crippen LogP contribution in [0.25, 0.3) is 11.3 Å². The second kappa shape index (κ2) is 17.5. The van der Waals surface area contributed by atoms with Crippen LogP contribution < -0.4 is 11.2 Å². The maximum atomic E-state index is 14.1. The van der Waals surface area contributed by atoms with Crippen LogP contribution in [0.4, 0.5) is 4.79 Å². The van der Waals surface area contributed by atoms with E-state index in [2.05, 4.69) is 15.3 Å². The highest BCUT2D eigenvalue weighted by atomic mass is 32.1. The third kappa shape index (κ3) is 9.71. The molecule has 0 saturated carbocycles. The minimum atomic E-state index is -0.976. The molecule has 1 aliphatic rings. The van der Waals surface area contributed by atoms with Crippen molar-refractivity contribution < 1.29 is 19.4 Å². The van der Waals surface area contributed by atoms with Gasteiger partial charge in [0.2, 0.25) is 5.91 Å². The zero-order valence-electron chi connectivity index (χ0n) is 28.4. The second-order valence-corrected chi connectivity index (χ2v) is 13.5. The molecule has 12 heteroatoms. The molecule has 0 bridgehead atoms. The highest BCUT2D eigenvalue weighted by Crippen LogP contribution is 2.24. The molecular formula is C37H47N7O4S. The normalized spacial score (nSPS) is 15.8. The molecule has 1 fully saturated rings. The Hall–Kier alpha value is -4.20. The first-order valence-corrected chi connectivity index (χ1v) is 17.6. The number of nitrogens with zero attached hydrogens (tertiary/aromatic N) is 5. The summed E-state index contributed by atoms with van der Waals surface area (Å²) in [5.41, 5.74) is 4.66. The minimum Gasteiger partial charge on any atom is -0.390 e. The fraction of sp³-hybridized carbons (Fsp3) is 0.405. The van der Waals surface area contributed by atoms with E-state index < -0.39 is 18.2 Å². The number of carbonyl (C=O) groups excluding carboxylic acids is 2. The number of carbonyl (C=O) groups is 2. The summed E-state index contributed by atoms with van der Waals surface area (Å²) in [4.78, 5) is 40.2. The van der Waals surface area contributed by atoms with Crippen molar-refractivity contribution in [2.45, 2.75) is 64.6 Å². The lowest BCUT2D eigenvalue weighted by molar-refractivity contribution is -0.128. The van der Waals surface area contributed by atoms with E-state index in [1.807, 2.05) is 92.0 Å². The van der Waals surface area contributed by atoms with Gasteiger partial charge in [-0.3, -0.25) is 15.6 Å². The van der Waals surface area contributed by atoms with Gasteiger partial charge in [-0.2, -0.15) is 0 Å². The molecule has 4 atom stereocenters. The zero-order valence-corrected chi connectivity index (χ0v) is 29.3. The van der Waals surface area contributed by atoms with Crippen molar-refractivity contribution in [1.82, 2.24) is 30.1 Å². The standard InChI is InChI=1S/C37H47N7O4S/c1-4-26(2)35(44-19-18-42(37(44)47)22-30-25-49-34(40-30)24-48-3)36(46)41-32(20-27-10-6-5-7-11-27)33(45)23-43(38)21-28-13-15-29(16-14-28)31-12-8-9-17-39-31/h5-17,25-26,32-33,35,45H,4,18-24,38H2,1-3H3,(H,41,46)/t26-,32-,33+,35-/m0/s1. The Morgan fingerprint density at radius 3 is 2.53 bits per heavy atom. The van der Waals surface area contributed by atoms with Crippen molar-refractivity contribution in [1.29, 1.82) is 0 Å². The number of aliphatic hydroxyl groups is 1. The summed E-state index contributed by atoms with van der Waals surface area (Å²) in [6.45, 7) is 6.27. The van der Waals surface area contributed by atoms with Crippen LogP contribution in [0.5, 0.6) is 0 Å². The maximum absolute atomic E-state index is 14.1. The van der Waals surface area contributed by atoms with Gasteiger partial charge in [-0.15, -0.1) is 11.3 Å². The van der Waals surface area contributed by atoms with Gasteiger partial charge in [-0.1, -0.05) is 80.9 Å². The van der Waals surface area contributed by atoms with Crippen molar-refractivity contribution in [3.05, 3.63) is 106 Å². The topological polar surface area (TPSA) is 137 Å². The number of methoxy groups -OCH3 is 1. The number of hydrazine groups is 1. The first-order valence-electron chi connectivity index (χ1n) is 16.8. The quantitative estimate of drug-likeness (QED) is 0.109. The van der Waals surface area contributed by atoms with Crippen molar-refractivity contribution in [2.75, 3.05) is 26.7 Å². The second-order valence-electron chi connectivity index (χ2n) is 12.6. The Bertz CT molecular complexity index is 1620. The highest BCUT2D eigenvalue weighted by molar-refractivity contribution is 7.09. The predicted molar refractivity (Wildman–Crippen MR) is 191 cm³/mol. The number of urea groups is 1. The molecule has 49 heavy (non-hydrogen) atoms. The Labute approximate surface area is 292 Å². The molecule has 0 unspecified atom stereocenters. The summed E-state index contributed by atoms with van der Waals surface area (Å²) in [6, 6.07) is 22.0. The predicted octanol–water partition coefficient (Wildman–Crippen LogP) is 4.47. The molecule has 4 aromatic rings. The molecule has 0 spiro atoms. The number of benzene rings is 2. The summed E-state index contributed by atoms with van der Waals surface area (Å²) >= 11 is 1.50. The van der Waals surface area contributed by atoms with Crippen LogP contribution in [0.3, 0.4) is 0 Å². The van der Waals surface area contributed by atoms with Gasteiger partial charge in [0.25, 0.3) is 0 Å². The van der Waals surface area contributed by atoms with E-state index in [-0.39, 0.29) is 24.4 Å². The van der Waals surface area contributed by atoms with Gasteiger partial charge in [-0.05, 0) is 35.6 Å². The summed E-state index contributed by atoms with van der Waals surface area (Å²) in [7, 11) is 1.63. The fourth-order valence-electron chi connectivity index (χ4n) is 6.14. The molecule has 5 rings (SSSR count). The molecular weight excluding hydrogens is 639 g/mol. The van der Waals surface area contributed by atoms with Crippen LogP contribution in [0, 0.1) is 5.92 Å². The van der Waals surface area contributed by atoms with Crippen LogP contribution in [-0.2, 0) is 35.6 Å². The lowest BCUT2D eigenvalue weighted by atomic mass is 9.95. The van der Waals surface area contributed by atoms with Gasteiger partial charge in [0.1, 0.15) is 11.0 Å². The van der Waals surface area contributed by atoms with Gasteiger partial charge < -0.3 is 25.0 Å². The largest absolute Gasteiger partial charge is 0.390 e. The van der Waals surface area contributed by atoms with Crippen molar-refractivity contribution in [2.24, 2.45) is 11.8 Å². The molecule has 260 valence electrons. The average Bonchev–Trinajstić information content (AvgIpc) is 3.71. The number of hydrogen-bond donors (Lipinski definition) is 3. The molecule has 3 heterocycles. The smallest absolute Gasteiger partial charge is 0.321 e. The van der Waals surface area contributed by atoms with Gasteiger partial charge >= 0.3 is 6.03 Å². The number of nitrogens with two attached hydrogens (primary N) is 1. The summed E-state index contributed by atoms with van der Waals surface area (Å²) in [6.07, 6.45) is 1.90. The monoisotopic (exact) mass is 685 g/mol. The highest BCUT2D eigenvalue weighted by Gasteiger charge is 2.41. The number of thiazole rings is 1. The first kappa shape index (κ1) is 36.1. The fourth-order valence-corrected chi connectivity index (χ4v) is 6.90. The lowest BCUT2D eigenvalue weighted by Crippen LogP contribution is -2.57. The number of aromatic nitrogens is 2. The summed E-state index contributed by atoms with van der Waals surface area (Å²) in [5, 5.41) is 19.1. The third-order valence-electron chi connectivity index (χ3n) is 8.95. The number of rotatable bonds is 17. The van der Waals surface area contributed by atoms with E-state index in [4.69, 9.17) is 10.6 Å². The Kier molecular flexibility index (Phi) is 12.9. The Morgan fingerprint density at radius 2 is 1.84 bits per heavy atom. The molecule has 1 aliphatic heterocycles. The third-order valence-corrected chi connectivity index (χ3v) is 9.82. The van der Waals surface area contributed by atoms with E-state index in [9.17, 15) is 14.7 Å². The van der Waals surface area contributed by atoms with E-state index in [1.165, 1.54) is 11.3 Å². The average molecular weight is 686 g/mol. The number of hydrogen-bond acceptors (Lipinski definition) is 9. The summed E-state index contributed by atoms with van der Waals surface area (Å²) < 4.78 is 5.18. The zero-order chi connectivity index (χ0) is 34.8. The molecule has 0 radical (unpaired) electrons. The van der Waals surface area contributed by atoms with E-state index in [1.54, 1.807) is 28.1 Å².